The van der Waals surface area contributed by atoms with Crippen LogP contribution in [0.25, 0.3) is 0 Å². The van der Waals surface area contributed by atoms with Gasteiger partial charge in [-0.1, -0.05) is 44.2 Å². The third kappa shape index (κ3) is 4.22. The summed E-state index contributed by atoms with van der Waals surface area (Å²) in [5.74, 6) is -0.447. The molecule has 0 aliphatic carbocycles. The van der Waals surface area contributed by atoms with Gasteiger partial charge in [0, 0.05) is 0 Å². The van der Waals surface area contributed by atoms with E-state index < -0.39 is 13.1 Å². The van der Waals surface area contributed by atoms with Crippen LogP contribution in [0.1, 0.15) is 54.9 Å². The van der Waals surface area contributed by atoms with Crippen LogP contribution in [-0.2, 0) is 16.0 Å². The highest BCUT2D eigenvalue weighted by atomic mass is 35.5. The van der Waals surface area contributed by atoms with Crippen LogP contribution in [0.4, 0.5) is 0 Å². The predicted molar refractivity (Wildman–Crippen MR) is 82.9 cm³/mol. The van der Waals surface area contributed by atoms with Crippen LogP contribution in [0.15, 0.2) is 12.1 Å². The molecule has 0 aromatic heterocycles. The number of rotatable bonds is 7. The number of carbonyl (C=O) groups excluding carboxylic acids is 1. The lowest BCUT2D eigenvalue weighted by Gasteiger charge is -2.08. The normalized spacial score (nSPS) is 13.4. The molecule has 0 saturated heterocycles. The first kappa shape index (κ1) is 16.3. The molecule has 0 unspecified atom stereocenters. The quantitative estimate of drug-likeness (QED) is 0.478. The first-order chi connectivity index (χ1) is 10.1. The molecule has 21 heavy (non-hydrogen) atoms. The van der Waals surface area contributed by atoms with Gasteiger partial charge in [0.15, 0.2) is 0 Å². The number of unbranched alkanes of at least 4 members (excludes halogenated alkanes) is 4. The molecule has 0 fully saturated rings. The van der Waals surface area contributed by atoms with Crippen LogP contribution >= 0.6 is 11.6 Å². The smallest absolute Gasteiger partial charge is 0.462 e. The van der Waals surface area contributed by atoms with Crippen molar-refractivity contribution in [2.45, 2.75) is 45.6 Å². The Bertz CT molecular complexity index is 507. The van der Waals surface area contributed by atoms with Crippen molar-refractivity contribution < 1.29 is 19.2 Å². The van der Waals surface area contributed by atoms with Gasteiger partial charge >= 0.3 is 13.1 Å². The molecule has 0 bridgehead atoms. The van der Waals surface area contributed by atoms with Gasteiger partial charge in [0.05, 0.1) is 23.8 Å². The average molecular weight is 311 g/mol. The number of esters is 1. The van der Waals surface area contributed by atoms with Crippen LogP contribution in [0.2, 0.25) is 5.02 Å². The number of ether oxygens (including phenoxy) is 1. The molecule has 1 aliphatic heterocycles. The summed E-state index contributed by atoms with van der Waals surface area (Å²) >= 11 is 6.09. The Morgan fingerprint density at radius 1 is 1.38 bits per heavy atom. The summed E-state index contributed by atoms with van der Waals surface area (Å²) in [5, 5.41) is 9.99. The SMILES string of the molecule is CCCCCCCOC(=O)c1cc2c(cc1Cl)COB2O. The second-order valence-electron chi connectivity index (χ2n) is 5.24. The summed E-state index contributed by atoms with van der Waals surface area (Å²) in [7, 11) is -0.988. The highest BCUT2D eigenvalue weighted by Gasteiger charge is 2.29. The molecule has 1 heterocycles. The highest BCUT2D eigenvalue weighted by molar-refractivity contribution is 6.61. The predicted octanol–water partition coefficient (Wildman–Crippen LogP) is 2.68. The van der Waals surface area contributed by atoms with E-state index in [1.165, 1.54) is 12.8 Å². The number of carbonyl (C=O) groups is 1. The molecule has 0 radical (unpaired) electrons. The summed E-state index contributed by atoms with van der Waals surface area (Å²) in [6.45, 7) is 2.87. The van der Waals surface area contributed by atoms with E-state index in [1.54, 1.807) is 12.1 Å². The first-order valence-corrected chi connectivity index (χ1v) is 7.80. The Labute approximate surface area is 130 Å². The molecule has 0 amide bonds. The van der Waals surface area contributed by atoms with Crippen LogP contribution in [-0.4, -0.2) is 24.7 Å². The molecule has 114 valence electrons. The van der Waals surface area contributed by atoms with Gasteiger partial charge in [-0.25, -0.2) is 4.79 Å². The van der Waals surface area contributed by atoms with E-state index in [4.69, 9.17) is 21.0 Å². The minimum Gasteiger partial charge on any atom is -0.462 e. The molecule has 1 aromatic carbocycles. The van der Waals surface area contributed by atoms with E-state index in [2.05, 4.69) is 6.92 Å². The first-order valence-electron chi connectivity index (χ1n) is 7.42. The van der Waals surface area contributed by atoms with Crippen molar-refractivity contribution in [3.05, 3.63) is 28.3 Å². The number of benzene rings is 1. The molecule has 0 atom stereocenters. The fourth-order valence-corrected chi connectivity index (χ4v) is 2.61. The summed E-state index contributed by atoms with van der Waals surface area (Å²) in [4.78, 5) is 12.0. The van der Waals surface area contributed by atoms with Crippen molar-refractivity contribution >= 4 is 30.2 Å². The summed E-state index contributed by atoms with van der Waals surface area (Å²) in [5.41, 5.74) is 1.69. The lowest BCUT2D eigenvalue weighted by molar-refractivity contribution is 0.0498. The van der Waals surface area contributed by atoms with Crippen molar-refractivity contribution in [3.63, 3.8) is 0 Å². The van der Waals surface area contributed by atoms with Gasteiger partial charge in [-0.3, -0.25) is 0 Å². The van der Waals surface area contributed by atoms with Crippen LogP contribution in [0.5, 0.6) is 0 Å². The van der Waals surface area contributed by atoms with Crippen LogP contribution in [0.3, 0.4) is 0 Å². The highest BCUT2D eigenvalue weighted by Crippen LogP contribution is 2.21. The maximum Gasteiger partial charge on any atom is 0.491 e. The van der Waals surface area contributed by atoms with Gasteiger partial charge < -0.3 is 14.4 Å². The lowest BCUT2D eigenvalue weighted by Crippen LogP contribution is -2.29. The molecule has 0 spiro atoms. The van der Waals surface area contributed by atoms with E-state index in [1.807, 2.05) is 0 Å². The molecule has 1 N–H and O–H groups in total. The number of fused-ring (bicyclic) bond motifs is 1. The molecule has 1 aliphatic rings. The standard InChI is InChI=1S/C15H20BClO4/c1-2-3-4-5-6-7-20-15(18)12-9-13-11(8-14(12)17)10-21-16(13)19/h8-9,19H,2-7,10H2,1H3. The Balaban J connectivity index is 1.89. The van der Waals surface area contributed by atoms with Crippen molar-refractivity contribution in [2.75, 3.05) is 6.61 Å². The van der Waals surface area contributed by atoms with Crippen molar-refractivity contribution in [2.24, 2.45) is 0 Å². The molecular formula is C15H20BClO4. The Morgan fingerprint density at radius 2 is 2.14 bits per heavy atom. The van der Waals surface area contributed by atoms with E-state index in [0.717, 1.165) is 24.8 Å². The number of halogens is 1. The number of hydrogen-bond acceptors (Lipinski definition) is 4. The fourth-order valence-electron chi connectivity index (χ4n) is 2.35. The van der Waals surface area contributed by atoms with E-state index in [9.17, 15) is 9.82 Å². The van der Waals surface area contributed by atoms with Gasteiger partial charge in [-0.2, -0.15) is 0 Å². The van der Waals surface area contributed by atoms with Crippen molar-refractivity contribution in [3.8, 4) is 0 Å². The Morgan fingerprint density at radius 3 is 2.90 bits per heavy atom. The third-order valence-electron chi connectivity index (χ3n) is 3.59. The van der Waals surface area contributed by atoms with E-state index >= 15 is 0 Å². The van der Waals surface area contributed by atoms with Gasteiger partial charge in [0.25, 0.3) is 0 Å². The average Bonchev–Trinajstić information content (AvgIpc) is 2.82. The van der Waals surface area contributed by atoms with Gasteiger partial charge in [-0.05, 0) is 29.6 Å². The third-order valence-corrected chi connectivity index (χ3v) is 3.91. The largest absolute Gasteiger partial charge is 0.491 e. The Hall–Kier alpha value is -1.04. The number of hydrogen-bond donors (Lipinski definition) is 1. The second-order valence-corrected chi connectivity index (χ2v) is 5.65. The minimum atomic E-state index is -0.988. The second kappa shape index (κ2) is 7.83. The molecule has 6 heteroatoms. The summed E-state index contributed by atoms with van der Waals surface area (Å²) in [6, 6.07) is 3.22. The van der Waals surface area contributed by atoms with E-state index in [0.29, 0.717) is 23.7 Å². The maximum absolute atomic E-state index is 12.0. The monoisotopic (exact) mass is 310 g/mol. The molecule has 4 nitrogen and oxygen atoms in total. The summed E-state index contributed by atoms with van der Waals surface area (Å²) in [6.07, 6.45) is 5.49. The Kier molecular flexibility index (Phi) is 6.09. The van der Waals surface area contributed by atoms with Crippen LogP contribution < -0.4 is 5.46 Å². The maximum atomic E-state index is 12.0. The molecule has 1 aromatic rings. The van der Waals surface area contributed by atoms with Gasteiger partial charge in [0.2, 0.25) is 0 Å². The zero-order valence-corrected chi connectivity index (χ0v) is 13.0. The van der Waals surface area contributed by atoms with Gasteiger partial charge in [-0.15, -0.1) is 0 Å². The molecular weight excluding hydrogens is 290 g/mol. The van der Waals surface area contributed by atoms with Crippen LogP contribution in [0, 0.1) is 0 Å². The van der Waals surface area contributed by atoms with Gasteiger partial charge in [0.1, 0.15) is 0 Å². The minimum absolute atomic E-state index is 0.286. The zero-order valence-electron chi connectivity index (χ0n) is 12.2. The van der Waals surface area contributed by atoms with E-state index in [-0.39, 0.29) is 5.56 Å². The van der Waals surface area contributed by atoms with Crippen molar-refractivity contribution in [1.82, 2.24) is 0 Å². The zero-order chi connectivity index (χ0) is 15.2. The molecule has 0 saturated carbocycles. The fraction of sp³-hybridized carbons (Fsp3) is 0.533. The lowest BCUT2D eigenvalue weighted by atomic mass is 9.79. The topological polar surface area (TPSA) is 55.8 Å². The molecule has 2 rings (SSSR count). The van der Waals surface area contributed by atoms with Crippen molar-refractivity contribution in [1.29, 1.82) is 0 Å². The summed E-state index contributed by atoms with van der Waals surface area (Å²) < 4.78 is 10.3.